The summed E-state index contributed by atoms with van der Waals surface area (Å²) in [7, 11) is 0. The molecule has 2 saturated heterocycles. The maximum atomic E-state index is 11.7. The molecule has 0 unspecified atom stereocenters. The first-order chi connectivity index (χ1) is 6.57. The van der Waals surface area contributed by atoms with Gasteiger partial charge in [0.2, 0.25) is 5.91 Å². The average molecular weight is 197 g/mol. The Morgan fingerprint density at radius 1 is 1.36 bits per heavy atom. The highest BCUT2D eigenvalue weighted by molar-refractivity contribution is 5.78. The van der Waals surface area contributed by atoms with Crippen molar-refractivity contribution in [3.8, 4) is 0 Å². The number of carbonyl (C=O) groups is 1. The Hall–Kier alpha value is -0.610. The van der Waals surface area contributed by atoms with Crippen LogP contribution in [0.5, 0.6) is 0 Å². The summed E-state index contributed by atoms with van der Waals surface area (Å²) in [5.41, 5.74) is 5.81. The number of carbonyl (C=O) groups excluding carboxylic acids is 1. The van der Waals surface area contributed by atoms with Crippen molar-refractivity contribution in [3.05, 3.63) is 0 Å². The first kappa shape index (κ1) is 9.93. The summed E-state index contributed by atoms with van der Waals surface area (Å²) in [6, 6.07) is 0. The number of nitrogens with zero attached hydrogens (tertiary/aromatic N) is 2. The molecule has 0 aliphatic carbocycles. The van der Waals surface area contributed by atoms with Crippen LogP contribution in [0.15, 0.2) is 0 Å². The van der Waals surface area contributed by atoms with Gasteiger partial charge in [-0.3, -0.25) is 9.69 Å². The van der Waals surface area contributed by atoms with E-state index in [-0.39, 0.29) is 11.4 Å². The van der Waals surface area contributed by atoms with Gasteiger partial charge in [0.15, 0.2) is 0 Å². The third-order valence-electron chi connectivity index (χ3n) is 2.99. The van der Waals surface area contributed by atoms with Gasteiger partial charge in [-0.2, -0.15) is 0 Å². The molecule has 0 aromatic rings. The lowest BCUT2D eigenvalue weighted by atomic mass is 9.94. The number of hydrogen-bond acceptors (Lipinski definition) is 3. The van der Waals surface area contributed by atoms with Gasteiger partial charge in [0.1, 0.15) is 0 Å². The van der Waals surface area contributed by atoms with Crippen molar-refractivity contribution < 1.29 is 4.79 Å². The van der Waals surface area contributed by atoms with Gasteiger partial charge in [0.05, 0.1) is 6.54 Å². The summed E-state index contributed by atoms with van der Waals surface area (Å²) in [6.45, 7) is 6.20. The van der Waals surface area contributed by atoms with E-state index >= 15 is 0 Å². The van der Waals surface area contributed by atoms with Gasteiger partial charge in [-0.25, -0.2) is 0 Å². The predicted molar refractivity (Wildman–Crippen MR) is 54.8 cm³/mol. The van der Waals surface area contributed by atoms with Crippen molar-refractivity contribution in [2.24, 2.45) is 5.73 Å². The fourth-order valence-electron chi connectivity index (χ4n) is 2.34. The molecule has 4 nitrogen and oxygen atoms in total. The molecule has 0 aromatic carbocycles. The Bertz CT molecular complexity index is 226. The molecule has 1 amide bonds. The minimum absolute atomic E-state index is 0.0642. The SMILES string of the molecule is CC1(N)CN(CC(=O)N2CCCC2)C1. The highest BCUT2D eigenvalue weighted by Crippen LogP contribution is 2.17. The zero-order chi connectivity index (χ0) is 10.2. The van der Waals surface area contributed by atoms with Crippen molar-refractivity contribution in [3.63, 3.8) is 0 Å². The second kappa shape index (κ2) is 3.51. The van der Waals surface area contributed by atoms with Crippen molar-refractivity contribution in [2.45, 2.75) is 25.3 Å². The molecule has 2 aliphatic heterocycles. The maximum absolute atomic E-state index is 11.7. The van der Waals surface area contributed by atoms with Crippen LogP contribution in [0.3, 0.4) is 0 Å². The van der Waals surface area contributed by atoms with Gasteiger partial charge in [-0.15, -0.1) is 0 Å². The molecule has 2 fully saturated rings. The normalized spacial score (nSPS) is 26.3. The third kappa shape index (κ3) is 2.07. The predicted octanol–water partition coefficient (Wildman–Crippen LogP) is -0.358. The zero-order valence-corrected chi connectivity index (χ0v) is 8.83. The van der Waals surface area contributed by atoms with E-state index in [2.05, 4.69) is 4.90 Å². The second-order valence-electron chi connectivity index (χ2n) is 4.89. The number of amides is 1. The summed E-state index contributed by atoms with van der Waals surface area (Å²) in [5.74, 6) is 0.276. The number of hydrogen-bond donors (Lipinski definition) is 1. The average Bonchev–Trinajstić information content (AvgIpc) is 2.51. The molecule has 14 heavy (non-hydrogen) atoms. The molecule has 0 atom stereocenters. The van der Waals surface area contributed by atoms with E-state index < -0.39 is 0 Å². The van der Waals surface area contributed by atoms with Crippen LogP contribution < -0.4 is 5.73 Å². The molecule has 2 heterocycles. The lowest BCUT2D eigenvalue weighted by Crippen LogP contribution is -2.66. The number of likely N-dealkylation sites (tertiary alicyclic amines) is 2. The van der Waals surface area contributed by atoms with E-state index in [1.54, 1.807) is 0 Å². The van der Waals surface area contributed by atoms with Crippen molar-refractivity contribution in [1.29, 1.82) is 0 Å². The molecular formula is C10H19N3O. The molecule has 0 saturated carbocycles. The Morgan fingerprint density at radius 2 is 1.93 bits per heavy atom. The van der Waals surface area contributed by atoms with E-state index in [1.807, 2.05) is 11.8 Å². The minimum atomic E-state index is -0.0642. The lowest BCUT2D eigenvalue weighted by Gasteiger charge is -2.45. The third-order valence-corrected chi connectivity index (χ3v) is 2.99. The first-order valence-electron chi connectivity index (χ1n) is 5.36. The summed E-state index contributed by atoms with van der Waals surface area (Å²) in [5, 5.41) is 0. The lowest BCUT2D eigenvalue weighted by molar-refractivity contribution is -0.133. The fourth-order valence-corrected chi connectivity index (χ4v) is 2.34. The van der Waals surface area contributed by atoms with Crippen LogP contribution in [0.2, 0.25) is 0 Å². The number of rotatable bonds is 2. The van der Waals surface area contributed by atoms with E-state index in [9.17, 15) is 4.79 Å². The van der Waals surface area contributed by atoms with Crippen LogP contribution in [0.25, 0.3) is 0 Å². The van der Waals surface area contributed by atoms with Gasteiger partial charge in [0, 0.05) is 31.7 Å². The molecule has 0 spiro atoms. The van der Waals surface area contributed by atoms with Crippen LogP contribution in [-0.2, 0) is 4.79 Å². The van der Waals surface area contributed by atoms with E-state index in [4.69, 9.17) is 5.73 Å². The van der Waals surface area contributed by atoms with Crippen LogP contribution in [-0.4, -0.2) is 54.0 Å². The van der Waals surface area contributed by atoms with E-state index in [0.29, 0.717) is 6.54 Å². The van der Waals surface area contributed by atoms with Crippen LogP contribution in [0, 0.1) is 0 Å². The zero-order valence-electron chi connectivity index (χ0n) is 8.83. The van der Waals surface area contributed by atoms with Crippen LogP contribution >= 0.6 is 0 Å². The Kier molecular flexibility index (Phi) is 2.49. The molecule has 2 rings (SSSR count). The smallest absolute Gasteiger partial charge is 0.236 e. The standard InChI is InChI=1S/C10H19N3O/c1-10(11)7-12(8-10)6-9(14)13-4-2-3-5-13/h2-8,11H2,1H3. The highest BCUT2D eigenvalue weighted by Gasteiger charge is 2.36. The summed E-state index contributed by atoms with van der Waals surface area (Å²) in [6.07, 6.45) is 2.33. The maximum Gasteiger partial charge on any atom is 0.236 e. The molecule has 2 N–H and O–H groups in total. The fraction of sp³-hybridized carbons (Fsp3) is 0.900. The molecule has 4 heteroatoms. The Labute approximate surface area is 85.0 Å². The molecular weight excluding hydrogens is 178 g/mol. The second-order valence-corrected chi connectivity index (χ2v) is 4.89. The van der Waals surface area contributed by atoms with Gasteiger partial charge >= 0.3 is 0 Å². The minimum Gasteiger partial charge on any atom is -0.342 e. The topological polar surface area (TPSA) is 49.6 Å². The van der Waals surface area contributed by atoms with Crippen LogP contribution in [0.4, 0.5) is 0 Å². The van der Waals surface area contributed by atoms with Gasteiger partial charge in [-0.05, 0) is 19.8 Å². The summed E-state index contributed by atoms with van der Waals surface area (Å²) in [4.78, 5) is 15.8. The Balaban J connectivity index is 1.73. The molecule has 0 aromatic heterocycles. The number of nitrogens with two attached hydrogens (primary N) is 1. The highest BCUT2D eigenvalue weighted by atomic mass is 16.2. The van der Waals surface area contributed by atoms with Gasteiger partial charge in [-0.1, -0.05) is 0 Å². The van der Waals surface area contributed by atoms with Crippen molar-refractivity contribution in [2.75, 3.05) is 32.7 Å². The van der Waals surface area contributed by atoms with Crippen molar-refractivity contribution >= 4 is 5.91 Å². The van der Waals surface area contributed by atoms with Crippen LogP contribution in [0.1, 0.15) is 19.8 Å². The van der Waals surface area contributed by atoms with Gasteiger partial charge in [0.25, 0.3) is 0 Å². The van der Waals surface area contributed by atoms with E-state index in [0.717, 1.165) is 26.2 Å². The molecule has 80 valence electrons. The summed E-state index contributed by atoms with van der Waals surface area (Å²) >= 11 is 0. The molecule has 0 radical (unpaired) electrons. The molecule has 2 aliphatic rings. The van der Waals surface area contributed by atoms with Crippen molar-refractivity contribution in [1.82, 2.24) is 9.80 Å². The van der Waals surface area contributed by atoms with E-state index in [1.165, 1.54) is 12.8 Å². The monoisotopic (exact) mass is 197 g/mol. The van der Waals surface area contributed by atoms with Gasteiger partial charge < -0.3 is 10.6 Å². The summed E-state index contributed by atoms with van der Waals surface area (Å²) < 4.78 is 0. The largest absolute Gasteiger partial charge is 0.342 e. The first-order valence-corrected chi connectivity index (χ1v) is 5.36. The molecule has 0 bridgehead atoms. The quantitative estimate of drug-likeness (QED) is 0.658. The Morgan fingerprint density at radius 3 is 2.43 bits per heavy atom.